The Morgan fingerprint density at radius 2 is 2.00 bits per heavy atom. The molecule has 1 rings (SSSR count). The van der Waals surface area contributed by atoms with Crippen molar-refractivity contribution < 1.29 is 17.9 Å². The summed E-state index contributed by atoms with van der Waals surface area (Å²) in [6.07, 6.45) is -3.80. The van der Waals surface area contributed by atoms with E-state index in [2.05, 4.69) is 12.2 Å². The first-order chi connectivity index (χ1) is 8.36. The van der Waals surface area contributed by atoms with E-state index in [1.807, 2.05) is 6.92 Å². The van der Waals surface area contributed by atoms with E-state index < -0.39 is 23.7 Å². The predicted octanol–water partition coefficient (Wildman–Crippen LogP) is 3.09. The van der Waals surface area contributed by atoms with Crippen LogP contribution >= 0.6 is 12.2 Å². The Labute approximate surface area is 109 Å². The summed E-state index contributed by atoms with van der Waals surface area (Å²) >= 11 is 4.42. The molecule has 0 amide bonds. The summed E-state index contributed by atoms with van der Waals surface area (Å²) in [6, 6.07) is 6.95. The molecule has 18 heavy (non-hydrogen) atoms. The molecule has 6 heteroatoms. The van der Waals surface area contributed by atoms with Crippen LogP contribution in [0.3, 0.4) is 0 Å². The molecule has 1 atom stereocenters. The van der Waals surface area contributed by atoms with Crippen LogP contribution in [-0.4, -0.2) is 17.8 Å². The smallest absolute Gasteiger partial charge is 0.401 e. The third-order valence-corrected chi connectivity index (χ3v) is 2.78. The van der Waals surface area contributed by atoms with E-state index >= 15 is 0 Å². The summed E-state index contributed by atoms with van der Waals surface area (Å²) in [4.78, 5) is -0.600. The van der Waals surface area contributed by atoms with Crippen molar-refractivity contribution in [3.05, 3.63) is 29.8 Å². The Hall–Kier alpha value is -1.30. The lowest BCUT2D eigenvalue weighted by Gasteiger charge is -2.20. The minimum Gasteiger partial charge on any atom is -0.492 e. The minimum atomic E-state index is -4.48. The first-order valence-corrected chi connectivity index (χ1v) is 5.83. The van der Waals surface area contributed by atoms with Gasteiger partial charge in [0.15, 0.2) is 0 Å². The average molecular weight is 277 g/mol. The van der Waals surface area contributed by atoms with E-state index in [1.165, 1.54) is 0 Å². The summed E-state index contributed by atoms with van der Waals surface area (Å²) in [5.74, 6) is -1.48. The molecule has 0 radical (unpaired) electrons. The number of para-hydroxylation sites is 1. The fourth-order valence-corrected chi connectivity index (χ4v) is 1.65. The standard InChI is InChI=1S/C12H14F3NOS/c1-2-8-5-3-4-6-10(8)17-7-9(11(16)18)12(13,14)15/h3-6,9H,2,7H2,1H3,(H2,16,18). The molecule has 0 aliphatic heterocycles. The number of alkyl halides is 3. The minimum absolute atomic E-state index is 0.436. The van der Waals surface area contributed by atoms with Gasteiger partial charge in [0.2, 0.25) is 0 Å². The van der Waals surface area contributed by atoms with Gasteiger partial charge in [0, 0.05) is 0 Å². The summed E-state index contributed by atoms with van der Waals surface area (Å²) in [5, 5.41) is 0. The number of hydrogen-bond donors (Lipinski definition) is 1. The summed E-state index contributed by atoms with van der Waals surface area (Å²) in [6.45, 7) is 1.31. The number of halogens is 3. The number of benzene rings is 1. The van der Waals surface area contributed by atoms with Crippen LogP contribution in [0.4, 0.5) is 13.2 Å². The number of thiocarbonyl (C=S) groups is 1. The van der Waals surface area contributed by atoms with Gasteiger partial charge in [-0.05, 0) is 18.1 Å². The van der Waals surface area contributed by atoms with Gasteiger partial charge < -0.3 is 10.5 Å². The highest BCUT2D eigenvalue weighted by Gasteiger charge is 2.42. The lowest BCUT2D eigenvalue weighted by molar-refractivity contribution is -0.161. The van der Waals surface area contributed by atoms with Gasteiger partial charge in [-0.2, -0.15) is 13.2 Å². The lowest BCUT2D eigenvalue weighted by atomic mass is 10.1. The molecule has 0 heterocycles. The Morgan fingerprint density at radius 1 is 1.39 bits per heavy atom. The van der Waals surface area contributed by atoms with Crippen molar-refractivity contribution >= 4 is 17.2 Å². The predicted molar refractivity (Wildman–Crippen MR) is 67.6 cm³/mol. The van der Waals surface area contributed by atoms with Crippen molar-refractivity contribution in [3.63, 3.8) is 0 Å². The van der Waals surface area contributed by atoms with Crippen molar-refractivity contribution in [2.24, 2.45) is 11.7 Å². The van der Waals surface area contributed by atoms with E-state index in [0.29, 0.717) is 12.2 Å². The highest BCUT2D eigenvalue weighted by molar-refractivity contribution is 7.80. The van der Waals surface area contributed by atoms with E-state index in [0.717, 1.165) is 5.56 Å². The number of nitrogens with two attached hydrogens (primary N) is 1. The summed E-state index contributed by atoms with van der Waals surface area (Å²) in [7, 11) is 0. The Bertz CT molecular complexity index is 420. The van der Waals surface area contributed by atoms with Crippen molar-refractivity contribution in [2.45, 2.75) is 19.5 Å². The second-order valence-electron chi connectivity index (χ2n) is 3.77. The van der Waals surface area contributed by atoms with Gasteiger partial charge in [-0.15, -0.1) is 0 Å². The van der Waals surface area contributed by atoms with Gasteiger partial charge in [-0.25, -0.2) is 0 Å². The third-order valence-electron chi connectivity index (χ3n) is 2.50. The largest absolute Gasteiger partial charge is 0.492 e. The molecular weight excluding hydrogens is 263 g/mol. The quantitative estimate of drug-likeness (QED) is 0.840. The van der Waals surface area contributed by atoms with E-state index in [-0.39, 0.29) is 0 Å². The molecule has 0 aromatic heterocycles. The van der Waals surface area contributed by atoms with Gasteiger partial charge in [0.1, 0.15) is 18.3 Å². The molecule has 0 fully saturated rings. The second-order valence-corrected chi connectivity index (χ2v) is 4.24. The van der Waals surface area contributed by atoms with Gasteiger partial charge in [-0.1, -0.05) is 37.3 Å². The maximum atomic E-state index is 12.6. The first-order valence-electron chi connectivity index (χ1n) is 5.43. The molecule has 0 spiro atoms. The van der Waals surface area contributed by atoms with Gasteiger partial charge in [0.25, 0.3) is 0 Å². The van der Waals surface area contributed by atoms with Crippen LogP contribution in [0.25, 0.3) is 0 Å². The first kappa shape index (κ1) is 14.8. The van der Waals surface area contributed by atoms with Crippen LogP contribution < -0.4 is 10.5 Å². The van der Waals surface area contributed by atoms with E-state index in [4.69, 9.17) is 10.5 Å². The fourth-order valence-electron chi connectivity index (χ4n) is 1.45. The number of ether oxygens (including phenoxy) is 1. The van der Waals surface area contributed by atoms with Crippen LogP contribution in [0.1, 0.15) is 12.5 Å². The Morgan fingerprint density at radius 3 is 2.50 bits per heavy atom. The average Bonchev–Trinajstić information content (AvgIpc) is 2.27. The number of hydrogen-bond acceptors (Lipinski definition) is 2. The van der Waals surface area contributed by atoms with E-state index in [9.17, 15) is 13.2 Å². The van der Waals surface area contributed by atoms with Crippen molar-refractivity contribution in [3.8, 4) is 5.75 Å². The summed E-state index contributed by atoms with van der Waals surface area (Å²) in [5.41, 5.74) is 5.94. The second kappa shape index (κ2) is 6.04. The number of rotatable bonds is 5. The molecular formula is C12H14F3NOS. The molecule has 100 valence electrons. The zero-order chi connectivity index (χ0) is 13.8. The normalized spacial score (nSPS) is 13.1. The van der Waals surface area contributed by atoms with Gasteiger partial charge >= 0.3 is 6.18 Å². The maximum Gasteiger partial charge on any atom is 0.401 e. The van der Waals surface area contributed by atoms with Crippen LogP contribution in [0.5, 0.6) is 5.75 Å². The van der Waals surface area contributed by atoms with Crippen LogP contribution in [0.15, 0.2) is 24.3 Å². The molecule has 0 saturated carbocycles. The van der Waals surface area contributed by atoms with Crippen LogP contribution in [0.2, 0.25) is 0 Å². The van der Waals surface area contributed by atoms with Crippen molar-refractivity contribution in [1.29, 1.82) is 0 Å². The molecule has 1 unspecified atom stereocenters. The van der Waals surface area contributed by atoms with Gasteiger partial charge in [-0.3, -0.25) is 0 Å². The molecule has 2 nitrogen and oxygen atoms in total. The van der Waals surface area contributed by atoms with Crippen molar-refractivity contribution in [2.75, 3.05) is 6.61 Å². The van der Waals surface area contributed by atoms with Crippen molar-refractivity contribution in [1.82, 2.24) is 0 Å². The molecule has 0 saturated heterocycles. The van der Waals surface area contributed by atoms with E-state index in [1.54, 1.807) is 24.3 Å². The molecule has 1 aromatic carbocycles. The summed E-state index contributed by atoms with van der Waals surface area (Å²) < 4.78 is 43.0. The highest BCUT2D eigenvalue weighted by atomic mass is 32.1. The fraction of sp³-hybridized carbons (Fsp3) is 0.417. The van der Waals surface area contributed by atoms with Gasteiger partial charge in [0.05, 0.1) is 4.99 Å². The third kappa shape index (κ3) is 3.87. The zero-order valence-electron chi connectivity index (χ0n) is 9.83. The van der Waals surface area contributed by atoms with Crippen LogP contribution in [-0.2, 0) is 6.42 Å². The molecule has 2 N–H and O–H groups in total. The van der Waals surface area contributed by atoms with Crippen LogP contribution in [0, 0.1) is 5.92 Å². The lowest BCUT2D eigenvalue weighted by Crippen LogP contribution is -2.38. The molecule has 0 aliphatic rings. The molecule has 0 aliphatic carbocycles. The monoisotopic (exact) mass is 277 g/mol. The Kier molecular flexibility index (Phi) is 4.95. The number of aryl methyl sites for hydroxylation is 1. The SMILES string of the molecule is CCc1ccccc1OCC(C(N)=S)C(F)(F)F. The highest BCUT2D eigenvalue weighted by Crippen LogP contribution is 2.28. The zero-order valence-corrected chi connectivity index (χ0v) is 10.6. The molecule has 0 bridgehead atoms. The Balaban J connectivity index is 2.77. The maximum absolute atomic E-state index is 12.6. The topological polar surface area (TPSA) is 35.2 Å². The molecule has 1 aromatic rings.